The number of halogens is 2. The summed E-state index contributed by atoms with van der Waals surface area (Å²) in [4.78, 5) is 0. The molecule has 0 aromatic heterocycles. The van der Waals surface area contributed by atoms with Crippen LogP contribution >= 0.6 is 24.8 Å². The Morgan fingerprint density at radius 1 is 1.04 bits per heavy atom. The Kier molecular flexibility index (Phi) is 16.2. The third-order valence-electron chi connectivity index (χ3n) is 3.91. The Morgan fingerprint density at radius 3 is 1.83 bits per heavy atom. The molecule has 0 N–H and O–H groups in total. The molecule has 1 saturated carbocycles. The van der Waals surface area contributed by atoms with Crippen LogP contribution in [0.5, 0.6) is 0 Å². The van der Waals surface area contributed by atoms with Crippen molar-refractivity contribution in [2.45, 2.75) is 66.2 Å². The molecular formula is C20H30Cl2Zr. The average molecular weight is 433 g/mol. The van der Waals surface area contributed by atoms with Gasteiger partial charge in [-0.1, -0.05) is 26.7 Å². The predicted octanol–water partition coefficient (Wildman–Crippen LogP) is 6.54. The van der Waals surface area contributed by atoms with Crippen LogP contribution < -0.4 is 0 Å². The molecule has 0 aliphatic heterocycles. The van der Waals surface area contributed by atoms with Gasteiger partial charge in [0.05, 0.1) is 0 Å². The Hall–Kier alpha value is 0.293. The van der Waals surface area contributed by atoms with Gasteiger partial charge in [0, 0.05) is 0 Å². The van der Waals surface area contributed by atoms with Gasteiger partial charge in [-0.3, -0.25) is 12.2 Å². The van der Waals surface area contributed by atoms with Gasteiger partial charge in [-0.25, -0.2) is 23.3 Å². The normalized spacial score (nSPS) is 21.4. The quantitative estimate of drug-likeness (QED) is 0.381. The summed E-state index contributed by atoms with van der Waals surface area (Å²) in [5, 5.41) is 0. The van der Waals surface area contributed by atoms with Crippen molar-refractivity contribution in [1.29, 1.82) is 0 Å². The van der Waals surface area contributed by atoms with Crippen LogP contribution in [0.15, 0.2) is 34.9 Å². The Bertz CT molecular complexity index is 462. The van der Waals surface area contributed by atoms with Gasteiger partial charge in [-0.05, 0) is 0 Å². The van der Waals surface area contributed by atoms with E-state index in [1.54, 1.807) is 27.4 Å². The van der Waals surface area contributed by atoms with Gasteiger partial charge >= 0.3 is 59.5 Å². The first-order chi connectivity index (χ1) is 9.99. The van der Waals surface area contributed by atoms with Crippen LogP contribution in [0.3, 0.4) is 0 Å². The van der Waals surface area contributed by atoms with E-state index in [1.165, 1.54) is 48.8 Å². The molecule has 128 valence electrons. The molecule has 1 unspecified atom stereocenters. The Labute approximate surface area is 170 Å². The summed E-state index contributed by atoms with van der Waals surface area (Å²) < 4.78 is 1.80. The van der Waals surface area contributed by atoms with Gasteiger partial charge in [0.1, 0.15) is 0 Å². The molecular weight excluding hydrogens is 402 g/mol. The second-order valence-corrected chi connectivity index (χ2v) is 7.87. The second-order valence-electron chi connectivity index (χ2n) is 6.13. The van der Waals surface area contributed by atoms with E-state index >= 15 is 0 Å². The van der Waals surface area contributed by atoms with E-state index in [9.17, 15) is 0 Å². The predicted molar refractivity (Wildman–Crippen MR) is 104 cm³/mol. The maximum absolute atomic E-state index is 3.22. The molecule has 23 heavy (non-hydrogen) atoms. The van der Waals surface area contributed by atoms with Crippen LogP contribution in [-0.2, 0) is 24.2 Å². The molecule has 0 amide bonds. The zero-order valence-electron chi connectivity index (χ0n) is 14.9. The summed E-state index contributed by atoms with van der Waals surface area (Å²) in [6.45, 7) is 8.47. The van der Waals surface area contributed by atoms with Crippen molar-refractivity contribution in [2.75, 3.05) is 0 Å². The summed E-state index contributed by atoms with van der Waals surface area (Å²) in [5.41, 5.74) is 4.12. The fourth-order valence-corrected chi connectivity index (χ4v) is 3.21. The van der Waals surface area contributed by atoms with Gasteiger partial charge in [-0.15, -0.1) is 38.2 Å². The number of rotatable bonds is 0. The van der Waals surface area contributed by atoms with Gasteiger partial charge in [0.25, 0.3) is 0 Å². The maximum atomic E-state index is 3.22. The van der Waals surface area contributed by atoms with Gasteiger partial charge < -0.3 is 0 Å². The molecule has 0 heterocycles. The molecule has 3 rings (SSSR count). The zero-order valence-corrected chi connectivity index (χ0v) is 19.0. The van der Waals surface area contributed by atoms with Crippen molar-refractivity contribution in [2.24, 2.45) is 5.92 Å². The van der Waals surface area contributed by atoms with Gasteiger partial charge in [-0.2, -0.15) is 11.6 Å². The van der Waals surface area contributed by atoms with E-state index in [2.05, 4.69) is 58.1 Å². The summed E-state index contributed by atoms with van der Waals surface area (Å²) in [6, 6.07) is 0. The zero-order chi connectivity index (χ0) is 15.7. The second kappa shape index (κ2) is 14.6. The van der Waals surface area contributed by atoms with Crippen LogP contribution in [0.25, 0.3) is 0 Å². The molecule has 0 aromatic rings. The van der Waals surface area contributed by atoms with Crippen molar-refractivity contribution in [1.82, 2.24) is 0 Å². The molecule has 0 saturated heterocycles. The van der Waals surface area contributed by atoms with Crippen LogP contribution in [0, 0.1) is 18.1 Å². The van der Waals surface area contributed by atoms with Crippen LogP contribution in [0.1, 0.15) is 66.2 Å². The average Bonchev–Trinajstić information content (AvgIpc) is 3.01. The molecule has 1 fully saturated rings. The summed E-state index contributed by atoms with van der Waals surface area (Å²) in [5.74, 6) is 0.556. The molecule has 3 aliphatic rings. The van der Waals surface area contributed by atoms with Crippen molar-refractivity contribution in [3.8, 4) is 0 Å². The molecule has 1 atom stereocenters. The number of hydrogen-bond donors (Lipinski definition) is 0. The minimum atomic E-state index is 0. The molecule has 0 aromatic carbocycles. The minimum absolute atomic E-state index is 0. The fourth-order valence-electron chi connectivity index (χ4n) is 2.34. The van der Waals surface area contributed by atoms with E-state index in [-0.39, 0.29) is 24.8 Å². The Morgan fingerprint density at radius 2 is 1.65 bits per heavy atom. The van der Waals surface area contributed by atoms with Gasteiger partial charge in [0.2, 0.25) is 0 Å². The van der Waals surface area contributed by atoms with E-state index < -0.39 is 0 Å². The number of hydrogen-bond acceptors (Lipinski definition) is 0. The molecule has 0 nitrogen and oxygen atoms in total. The molecule has 0 radical (unpaired) electrons. The van der Waals surface area contributed by atoms with E-state index in [1.807, 2.05) is 0 Å². The van der Waals surface area contributed by atoms with Crippen molar-refractivity contribution in [3.63, 3.8) is 0 Å². The Balaban J connectivity index is 0. The topological polar surface area (TPSA) is 0 Å². The summed E-state index contributed by atoms with van der Waals surface area (Å²) in [7, 11) is 0. The molecule has 3 aliphatic carbocycles. The first-order valence-corrected chi connectivity index (χ1v) is 9.29. The SMILES string of the molecule is CC1=C(C)C[C-]=C1.CC1=[C-]C(C)C=C1.Cl.Cl.[Zr+2]=[C]1CCCCC1. The first-order valence-electron chi connectivity index (χ1n) is 8.06. The van der Waals surface area contributed by atoms with Crippen molar-refractivity contribution >= 4 is 28.0 Å². The molecule has 0 bridgehead atoms. The number of allylic oxidation sites excluding steroid dienone is 8. The van der Waals surface area contributed by atoms with Crippen molar-refractivity contribution in [3.05, 3.63) is 47.1 Å². The van der Waals surface area contributed by atoms with Crippen LogP contribution in [0.2, 0.25) is 0 Å². The third-order valence-corrected chi connectivity index (χ3v) is 5.14. The van der Waals surface area contributed by atoms with Gasteiger partial charge in [0.15, 0.2) is 0 Å². The van der Waals surface area contributed by atoms with E-state index in [4.69, 9.17) is 0 Å². The van der Waals surface area contributed by atoms with Crippen molar-refractivity contribution < 1.29 is 24.2 Å². The fraction of sp³-hybridized carbons (Fsp3) is 0.550. The summed E-state index contributed by atoms with van der Waals surface area (Å²) in [6.07, 6.45) is 21.0. The van der Waals surface area contributed by atoms with E-state index in [0.29, 0.717) is 5.92 Å². The molecule has 3 heteroatoms. The standard InChI is InChI=1S/2C7H9.C6H10.2ClH.Zr/c1-6-3-4-7(2)5-6;1-6-4-3-5-7(6)2;1-2-4-6-5-3-1;;;/h3-4,6H,1-2H3;4H,5H2,1-2H3;1-5H2;2*1H;/q2*-1;;;;+2. The van der Waals surface area contributed by atoms with Crippen LogP contribution in [0.4, 0.5) is 0 Å². The third kappa shape index (κ3) is 12.3. The monoisotopic (exact) mass is 430 g/mol. The summed E-state index contributed by atoms with van der Waals surface area (Å²) >= 11 is 1.69. The molecule has 0 spiro atoms. The first kappa shape index (κ1) is 25.5. The van der Waals surface area contributed by atoms with E-state index in [0.717, 1.165) is 6.42 Å². The van der Waals surface area contributed by atoms with Crippen LogP contribution in [-0.4, -0.2) is 3.21 Å².